The van der Waals surface area contributed by atoms with Gasteiger partial charge in [-0.15, -0.1) is 0 Å². The van der Waals surface area contributed by atoms with E-state index in [1.807, 2.05) is 25.3 Å². The van der Waals surface area contributed by atoms with Crippen LogP contribution < -0.4 is 9.47 Å². The van der Waals surface area contributed by atoms with E-state index in [9.17, 15) is 0 Å². The monoisotopic (exact) mass is 191 g/mol. The van der Waals surface area contributed by atoms with Crippen LogP contribution in [-0.4, -0.2) is 13.0 Å². The lowest BCUT2D eigenvalue weighted by molar-refractivity contribution is 0.174. The zero-order chi connectivity index (χ0) is 9.97. The Labute approximate surface area is 83.4 Å². The van der Waals surface area contributed by atoms with Crippen molar-refractivity contribution in [3.63, 3.8) is 0 Å². The minimum Gasteiger partial charge on any atom is -0.454 e. The molecule has 14 heavy (non-hydrogen) atoms. The van der Waals surface area contributed by atoms with Gasteiger partial charge in [-0.05, 0) is 43.3 Å². The van der Waals surface area contributed by atoms with Crippen LogP contribution in [0, 0.1) is 6.92 Å². The molecule has 1 heterocycles. The predicted octanol–water partition coefficient (Wildman–Crippen LogP) is 2.31. The Kier molecular flexibility index (Phi) is 2.39. The Hall–Kier alpha value is -1.51. The van der Waals surface area contributed by atoms with Crippen LogP contribution in [-0.2, 0) is 6.54 Å². The molecule has 0 spiro atoms. The lowest BCUT2D eigenvalue weighted by Gasteiger charge is -2.04. The molecule has 0 radical (unpaired) electrons. The van der Waals surface area contributed by atoms with Crippen molar-refractivity contribution in [1.29, 1.82) is 0 Å². The topological polar surface area (TPSA) is 30.8 Å². The second-order valence-electron chi connectivity index (χ2n) is 3.23. The molecule has 2 rings (SSSR count). The smallest absolute Gasteiger partial charge is 0.231 e. The highest BCUT2D eigenvalue weighted by Crippen LogP contribution is 2.34. The Morgan fingerprint density at radius 2 is 2.07 bits per heavy atom. The summed E-state index contributed by atoms with van der Waals surface area (Å²) in [7, 11) is 0. The van der Waals surface area contributed by atoms with Gasteiger partial charge >= 0.3 is 0 Å². The number of benzene rings is 1. The van der Waals surface area contributed by atoms with E-state index in [0.717, 1.165) is 11.5 Å². The molecule has 1 aliphatic heterocycles. The van der Waals surface area contributed by atoms with Crippen LogP contribution in [0.1, 0.15) is 18.1 Å². The largest absolute Gasteiger partial charge is 0.454 e. The first-order valence-electron chi connectivity index (χ1n) is 4.65. The Bertz CT molecular complexity index is 372. The second-order valence-corrected chi connectivity index (χ2v) is 3.23. The van der Waals surface area contributed by atoms with E-state index in [-0.39, 0.29) is 0 Å². The number of hydrogen-bond donors (Lipinski definition) is 0. The van der Waals surface area contributed by atoms with Crippen molar-refractivity contribution in [3.05, 3.63) is 23.3 Å². The molecule has 0 saturated carbocycles. The molecule has 3 nitrogen and oxygen atoms in total. The summed E-state index contributed by atoms with van der Waals surface area (Å²) < 4.78 is 10.6. The predicted molar refractivity (Wildman–Crippen MR) is 55.2 cm³/mol. The van der Waals surface area contributed by atoms with Crippen LogP contribution >= 0.6 is 0 Å². The fourth-order valence-corrected chi connectivity index (χ4v) is 1.45. The number of aliphatic imine (C=N–C) groups is 1. The third-order valence-electron chi connectivity index (χ3n) is 2.28. The molecule has 3 heteroatoms. The van der Waals surface area contributed by atoms with Gasteiger partial charge in [0.25, 0.3) is 0 Å². The normalized spacial score (nSPS) is 13.9. The minimum absolute atomic E-state index is 0.329. The first-order chi connectivity index (χ1) is 6.81. The summed E-state index contributed by atoms with van der Waals surface area (Å²) in [4.78, 5) is 4.21. The van der Waals surface area contributed by atoms with Gasteiger partial charge in [-0.2, -0.15) is 0 Å². The first-order valence-corrected chi connectivity index (χ1v) is 4.65. The molecule has 0 amide bonds. The quantitative estimate of drug-likeness (QED) is 0.671. The van der Waals surface area contributed by atoms with E-state index in [1.54, 1.807) is 0 Å². The Balaban J connectivity index is 2.32. The van der Waals surface area contributed by atoms with Crippen molar-refractivity contribution < 1.29 is 9.47 Å². The highest BCUT2D eigenvalue weighted by atomic mass is 16.7. The van der Waals surface area contributed by atoms with Crippen molar-refractivity contribution in [2.45, 2.75) is 20.4 Å². The maximum Gasteiger partial charge on any atom is 0.231 e. The van der Waals surface area contributed by atoms with Gasteiger partial charge in [-0.3, -0.25) is 4.99 Å². The standard InChI is InChI=1S/C11H13NO2/c1-3-12-6-9-5-11-10(4-8(9)2)13-7-14-11/h3-5H,6-7H2,1-2H3. The number of ether oxygens (including phenoxy) is 2. The fraction of sp³-hybridized carbons (Fsp3) is 0.364. The van der Waals surface area contributed by atoms with E-state index in [0.29, 0.717) is 13.3 Å². The van der Waals surface area contributed by atoms with Crippen LogP contribution in [0.3, 0.4) is 0 Å². The van der Waals surface area contributed by atoms with E-state index in [2.05, 4.69) is 11.9 Å². The SMILES string of the molecule is CC=NCc1cc2c(cc1C)OCO2. The van der Waals surface area contributed by atoms with Crippen LogP contribution in [0.4, 0.5) is 0 Å². The molecule has 1 aromatic rings. The van der Waals surface area contributed by atoms with Crippen molar-refractivity contribution in [1.82, 2.24) is 0 Å². The van der Waals surface area contributed by atoms with Gasteiger partial charge in [0.2, 0.25) is 6.79 Å². The maximum atomic E-state index is 5.30. The highest BCUT2D eigenvalue weighted by Gasteiger charge is 2.14. The molecule has 0 saturated heterocycles. The summed E-state index contributed by atoms with van der Waals surface area (Å²) >= 11 is 0. The Morgan fingerprint density at radius 3 is 2.79 bits per heavy atom. The molecule has 0 aliphatic carbocycles. The van der Waals surface area contributed by atoms with Gasteiger partial charge in [0.1, 0.15) is 0 Å². The molecule has 0 aromatic heterocycles. The summed E-state index contributed by atoms with van der Waals surface area (Å²) in [5.74, 6) is 1.67. The van der Waals surface area contributed by atoms with Gasteiger partial charge in [0.15, 0.2) is 11.5 Å². The summed E-state index contributed by atoms with van der Waals surface area (Å²) in [5, 5.41) is 0. The van der Waals surface area contributed by atoms with Gasteiger partial charge in [0, 0.05) is 0 Å². The third-order valence-corrected chi connectivity index (χ3v) is 2.28. The fourth-order valence-electron chi connectivity index (χ4n) is 1.45. The molecule has 1 aliphatic rings. The van der Waals surface area contributed by atoms with Crippen LogP contribution in [0.2, 0.25) is 0 Å². The van der Waals surface area contributed by atoms with Gasteiger partial charge in [-0.25, -0.2) is 0 Å². The van der Waals surface area contributed by atoms with Crippen molar-refractivity contribution in [2.24, 2.45) is 4.99 Å². The number of fused-ring (bicyclic) bond motifs is 1. The molecule has 0 fully saturated rings. The van der Waals surface area contributed by atoms with E-state index < -0.39 is 0 Å². The summed E-state index contributed by atoms with van der Waals surface area (Å²) in [6, 6.07) is 4.01. The number of rotatable bonds is 2. The zero-order valence-electron chi connectivity index (χ0n) is 8.41. The molecular weight excluding hydrogens is 178 g/mol. The average molecular weight is 191 g/mol. The number of nitrogens with zero attached hydrogens (tertiary/aromatic N) is 1. The van der Waals surface area contributed by atoms with Crippen molar-refractivity contribution in [3.8, 4) is 11.5 Å². The lowest BCUT2D eigenvalue weighted by Crippen LogP contribution is -1.92. The van der Waals surface area contributed by atoms with Crippen molar-refractivity contribution >= 4 is 6.21 Å². The number of hydrogen-bond acceptors (Lipinski definition) is 3. The van der Waals surface area contributed by atoms with E-state index in [1.165, 1.54) is 11.1 Å². The van der Waals surface area contributed by atoms with Crippen molar-refractivity contribution in [2.75, 3.05) is 6.79 Å². The first kappa shape index (κ1) is 9.06. The minimum atomic E-state index is 0.329. The lowest BCUT2D eigenvalue weighted by atomic mass is 10.1. The zero-order valence-corrected chi connectivity index (χ0v) is 8.41. The molecule has 0 atom stereocenters. The van der Waals surface area contributed by atoms with E-state index >= 15 is 0 Å². The molecule has 0 N–H and O–H groups in total. The molecule has 74 valence electrons. The molecule has 0 bridgehead atoms. The second kappa shape index (κ2) is 3.70. The average Bonchev–Trinajstić information content (AvgIpc) is 2.61. The van der Waals surface area contributed by atoms with E-state index in [4.69, 9.17) is 9.47 Å². The number of aryl methyl sites for hydroxylation is 1. The third kappa shape index (κ3) is 1.58. The van der Waals surface area contributed by atoms with Crippen LogP contribution in [0.15, 0.2) is 17.1 Å². The molecule has 0 unspecified atom stereocenters. The van der Waals surface area contributed by atoms with Gasteiger partial charge in [0.05, 0.1) is 6.54 Å². The van der Waals surface area contributed by atoms with Gasteiger partial charge < -0.3 is 9.47 Å². The summed E-state index contributed by atoms with van der Waals surface area (Å²) in [5.41, 5.74) is 2.38. The van der Waals surface area contributed by atoms with Crippen LogP contribution in [0.5, 0.6) is 11.5 Å². The maximum absolute atomic E-state index is 5.30. The summed E-state index contributed by atoms with van der Waals surface area (Å²) in [6.45, 7) is 5.01. The molecular formula is C11H13NO2. The Morgan fingerprint density at radius 1 is 1.36 bits per heavy atom. The van der Waals surface area contributed by atoms with Crippen LogP contribution in [0.25, 0.3) is 0 Å². The van der Waals surface area contributed by atoms with Gasteiger partial charge in [-0.1, -0.05) is 0 Å². The highest BCUT2D eigenvalue weighted by molar-refractivity contribution is 5.54. The summed E-state index contributed by atoms with van der Waals surface area (Å²) in [6.07, 6.45) is 1.81. The molecule has 1 aromatic carbocycles.